The van der Waals surface area contributed by atoms with Gasteiger partial charge in [-0.2, -0.15) is 0 Å². The smallest absolute Gasteiger partial charge is 0.171 e. The first-order valence-electron chi connectivity index (χ1n) is 18.0. The second kappa shape index (κ2) is 13.0. The standard InChI is InChI=1S/C45H42N3OP/c49-50(40-16-19-43-37(28-40)22-25-46(43)31-34-10-4-1-5-11-34,41-17-20-44-38(29-41)23-26-47(44)32-35-12-6-2-7-13-35)42-18-21-45-39(30-42)24-27-48(45)33-36-14-8-3-9-15-36/h1-21,28-30H,22-27,31-33H2. The van der Waals surface area contributed by atoms with Crippen molar-refractivity contribution >= 4 is 40.1 Å². The fourth-order valence-corrected chi connectivity index (χ4v) is 11.1. The summed E-state index contributed by atoms with van der Waals surface area (Å²) in [6.45, 7) is 5.59. The zero-order valence-electron chi connectivity index (χ0n) is 28.4. The molecule has 0 radical (unpaired) electrons. The summed E-state index contributed by atoms with van der Waals surface area (Å²) in [6, 6.07) is 52.1. The van der Waals surface area contributed by atoms with Crippen LogP contribution in [-0.2, 0) is 43.5 Å². The molecule has 0 N–H and O–H groups in total. The molecule has 6 aromatic carbocycles. The van der Waals surface area contributed by atoms with Crippen LogP contribution in [0.1, 0.15) is 33.4 Å². The minimum Gasteiger partial charge on any atom is -0.367 e. The van der Waals surface area contributed by atoms with E-state index in [9.17, 15) is 0 Å². The van der Waals surface area contributed by atoms with Gasteiger partial charge in [0.15, 0.2) is 7.14 Å². The highest BCUT2D eigenvalue weighted by atomic mass is 31.2. The van der Waals surface area contributed by atoms with E-state index in [1.807, 2.05) is 0 Å². The van der Waals surface area contributed by atoms with Crippen LogP contribution in [0.15, 0.2) is 146 Å². The summed E-state index contributed by atoms with van der Waals surface area (Å²) in [5.74, 6) is 0. The molecule has 50 heavy (non-hydrogen) atoms. The van der Waals surface area contributed by atoms with Gasteiger partial charge in [-0.3, -0.25) is 0 Å². The largest absolute Gasteiger partial charge is 0.367 e. The van der Waals surface area contributed by atoms with Gasteiger partial charge in [-0.25, -0.2) is 0 Å². The minimum absolute atomic E-state index is 0.888. The van der Waals surface area contributed by atoms with Gasteiger partial charge in [0.2, 0.25) is 0 Å². The second-order valence-electron chi connectivity index (χ2n) is 14.0. The second-order valence-corrected chi connectivity index (χ2v) is 16.8. The van der Waals surface area contributed by atoms with Crippen molar-refractivity contribution in [3.63, 3.8) is 0 Å². The van der Waals surface area contributed by atoms with Crippen LogP contribution in [-0.4, -0.2) is 19.6 Å². The van der Waals surface area contributed by atoms with E-state index < -0.39 is 7.14 Å². The Balaban J connectivity index is 1.09. The van der Waals surface area contributed by atoms with Crippen LogP contribution in [0.3, 0.4) is 0 Å². The van der Waals surface area contributed by atoms with E-state index in [-0.39, 0.29) is 0 Å². The Bertz CT molecular complexity index is 1950. The molecule has 9 rings (SSSR count). The normalized spacial score (nSPS) is 14.9. The number of hydrogen-bond donors (Lipinski definition) is 0. The van der Waals surface area contributed by atoms with Gasteiger partial charge in [0.05, 0.1) is 0 Å². The number of fused-ring (bicyclic) bond motifs is 3. The number of benzene rings is 6. The lowest BCUT2D eigenvalue weighted by molar-refractivity contribution is 0.592. The van der Waals surface area contributed by atoms with Gasteiger partial charge in [0, 0.05) is 72.2 Å². The first-order valence-corrected chi connectivity index (χ1v) is 19.7. The maximum atomic E-state index is 16.1. The Morgan fingerprint density at radius 3 is 1.00 bits per heavy atom. The summed E-state index contributed by atoms with van der Waals surface area (Å²) in [7, 11) is -3.19. The molecule has 0 fully saturated rings. The van der Waals surface area contributed by atoms with E-state index >= 15 is 4.57 Å². The van der Waals surface area contributed by atoms with Crippen LogP contribution in [0.4, 0.5) is 17.1 Å². The molecule has 3 aliphatic rings. The SMILES string of the molecule is O=P(c1ccc2c(c1)CCN2Cc1ccccc1)(c1ccc2c(c1)CCN2Cc1ccccc1)c1ccc2c(c1)CCN2Cc1ccccc1. The van der Waals surface area contributed by atoms with E-state index in [0.717, 1.165) is 74.4 Å². The van der Waals surface area contributed by atoms with Crippen LogP contribution in [0, 0.1) is 0 Å². The average molecular weight is 672 g/mol. The highest BCUT2D eigenvalue weighted by molar-refractivity contribution is 7.85. The van der Waals surface area contributed by atoms with Crippen molar-refractivity contribution in [3.8, 4) is 0 Å². The van der Waals surface area contributed by atoms with Crippen LogP contribution >= 0.6 is 7.14 Å². The van der Waals surface area contributed by atoms with Crippen molar-refractivity contribution < 1.29 is 4.57 Å². The zero-order valence-corrected chi connectivity index (χ0v) is 29.3. The number of hydrogen-bond acceptors (Lipinski definition) is 4. The predicted molar refractivity (Wildman–Crippen MR) is 209 cm³/mol. The lowest BCUT2D eigenvalue weighted by atomic mass is 10.1. The lowest BCUT2D eigenvalue weighted by Gasteiger charge is -2.25. The van der Waals surface area contributed by atoms with E-state index in [1.165, 1.54) is 50.4 Å². The van der Waals surface area contributed by atoms with Gasteiger partial charge in [-0.05, 0) is 107 Å². The van der Waals surface area contributed by atoms with E-state index in [1.54, 1.807) is 0 Å². The quantitative estimate of drug-likeness (QED) is 0.146. The van der Waals surface area contributed by atoms with Crippen molar-refractivity contribution in [3.05, 3.63) is 179 Å². The van der Waals surface area contributed by atoms with E-state index in [4.69, 9.17) is 0 Å². The third-order valence-corrected chi connectivity index (χ3v) is 13.9. The summed E-state index contributed by atoms with van der Waals surface area (Å²) < 4.78 is 16.1. The highest BCUT2D eigenvalue weighted by Crippen LogP contribution is 2.47. The Kier molecular flexibility index (Phi) is 8.06. The zero-order chi connectivity index (χ0) is 33.5. The summed E-state index contributed by atoms with van der Waals surface area (Å²) in [5, 5.41) is 2.82. The third-order valence-electron chi connectivity index (χ3n) is 10.9. The highest BCUT2D eigenvalue weighted by Gasteiger charge is 2.35. The summed E-state index contributed by atoms with van der Waals surface area (Å²) in [5.41, 5.74) is 11.6. The van der Waals surface area contributed by atoms with E-state index in [0.29, 0.717) is 0 Å². The maximum absolute atomic E-state index is 16.1. The van der Waals surface area contributed by atoms with Crippen LogP contribution in [0.25, 0.3) is 0 Å². The summed E-state index contributed by atoms with van der Waals surface area (Å²) >= 11 is 0. The third kappa shape index (κ3) is 5.72. The number of nitrogens with zero attached hydrogens (tertiary/aromatic N) is 3. The molecule has 0 unspecified atom stereocenters. The van der Waals surface area contributed by atoms with Gasteiger partial charge in [0.25, 0.3) is 0 Å². The van der Waals surface area contributed by atoms with Crippen molar-refractivity contribution in [2.75, 3.05) is 34.3 Å². The first-order chi connectivity index (χ1) is 24.6. The molecule has 0 spiro atoms. The monoisotopic (exact) mass is 671 g/mol. The topological polar surface area (TPSA) is 26.8 Å². The molecule has 0 atom stereocenters. The first kappa shape index (κ1) is 31.0. The van der Waals surface area contributed by atoms with Crippen molar-refractivity contribution in [2.45, 2.75) is 38.9 Å². The molecule has 0 aliphatic carbocycles. The Morgan fingerprint density at radius 2 is 0.700 bits per heavy atom. The molecule has 0 saturated heterocycles. The Morgan fingerprint density at radius 1 is 0.400 bits per heavy atom. The summed E-state index contributed by atoms with van der Waals surface area (Å²) in [4.78, 5) is 7.40. The van der Waals surface area contributed by atoms with Gasteiger partial charge in [-0.15, -0.1) is 0 Å². The fraction of sp³-hybridized carbons (Fsp3) is 0.200. The summed E-state index contributed by atoms with van der Waals surface area (Å²) in [6.07, 6.45) is 2.90. The molecule has 5 heteroatoms. The number of rotatable bonds is 9. The molecule has 0 bridgehead atoms. The molecular formula is C45H42N3OP. The van der Waals surface area contributed by atoms with Crippen molar-refractivity contribution in [1.82, 2.24) is 0 Å². The van der Waals surface area contributed by atoms with E-state index in [2.05, 4.69) is 160 Å². The molecular weight excluding hydrogens is 629 g/mol. The minimum atomic E-state index is -3.19. The molecule has 248 valence electrons. The van der Waals surface area contributed by atoms with Gasteiger partial charge < -0.3 is 19.3 Å². The van der Waals surface area contributed by atoms with Gasteiger partial charge in [-0.1, -0.05) is 91.0 Å². The Labute approximate surface area is 296 Å². The van der Waals surface area contributed by atoms with Crippen molar-refractivity contribution in [1.29, 1.82) is 0 Å². The maximum Gasteiger partial charge on any atom is 0.171 e. The van der Waals surface area contributed by atoms with Crippen LogP contribution in [0.5, 0.6) is 0 Å². The molecule has 0 amide bonds. The molecule has 0 aromatic heterocycles. The lowest BCUT2D eigenvalue weighted by Crippen LogP contribution is -2.26. The van der Waals surface area contributed by atoms with Crippen LogP contribution in [0.2, 0.25) is 0 Å². The van der Waals surface area contributed by atoms with Crippen LogP contribution < -0.4 is 30.6 Å². The fourth-order valence-electron chi connectivity index (χ4n) is 8.31. The van der Waals surface area contributed by atoms with Crippen molar-refractivity contribution in [2.24, 2.45) is 0 Å². The molecule has 3 aliphatic heterocycles. The van der Waals surface area contributed by atoms with Gasteiger partial charge in [0.1, 0.15) is 0 Å². The van der Waals surface area contributed by atoms with Gasteiger partial charge >= 0.3 is 0 Å². The molecule has 0 saturated carbocycles. The number of anilines is 3. The predicted octanol–water partition coefficient (Wildman–Crippen LogP) is 8.01. The average Bonchev–Trinajstić information content (AvgIpc) is 3.89. The Hall–Kier alpha value is -5.05. The molecule has 4 nitrogen and oxygen atoms in total. The molecule has 3 heterocycles. The molecule has 6 aromatic rings.